The lowest BCUT2D eigenvalue weighted by Gasteiger charge is -2.05. The minimum absolute atomic E-state index is 0.414. The molecule has 0 unspecified atom stereocenters. The van der Waals surface area contributed by atoms with Crippen LogP contribution in [0.1, 0.15) is 12.0 Å². The van der Waals surface area contributed by atoms with Crippen LogP contribution in [0.4, 0.5) is 14.5 Å². The second kappa shape index (κ2) is 4.78. The molecule has 0 fully saturated rings. The van der Waals surface area contributed by atoms with E-state index in [0.717, 1.165) is 0 Å². The largest absolute Gasteiger partial charge is 0.302 e. The molecule has 11 heteroatoms. The van der Waals surface area contributed by atoms with Crippen molar-refractivity contribution in [3.63, 3.8) is 0 Å². The van der Waals surface area contributed by atoms with E-state index in [2.05, 4.69) is 20.9 Å². The quantitative estimate of drug-likeness (QED) is 0.361. The van der Waals surface area contributed by atoms with Crippen LogP contribution in [0.2, 0.25) is 0 Å². The minimum Gasteiger partial charge on any atom is -0.258 e. The van der Waals surface area contributed by atoms with Crippen molar-refractivity contribution in [2.24, 2.45) is 0 Å². The van der Waals surface area contributed by atoms with Crippen LogP contribution in [-0.4, -0.2) is 18.3 Å². The molecule has 0 aromatic carbocycles. The predicted molar refractivity (Wildman–Crippen MR) is 56.6 cm³/mol. The Labute approximate surface area is 106 Å². The van der Waals surface area contributed by atoms with Crippen molar-refractivity contribution in [1.29, 1.82) is 0 Å². The normalized spacial score (nSPS) is 11.8. The zero-order chi connectivity index (χ0) is 13.4. The summed E-state index contributed by atoms with van der Waals surface area (Å²) in [6, 6.07) is 0.414. The third kappa shape index (κ3) is 3.07. The van der Waals surface area contributed by atoms with Gasteiger partial charge in [-0.1, -0.05) is 0 Å². The molecular weight excluding hydrogens is 349 g/mol. The van der Waals surface area contributed by atoms with Gasteiger partial charge in [0.2, 0.25) is 0 Å². The Morgan fingerprint density at radius 2 is 2.06 bits per heavy atom. The molecule has 6 nitrogen and oxygen atoms in total. The van der Waals surface area contributed by atoms with Crippen LogP contribution in [0.5, 0.6) is 0 Å². The van der Waals surface area contributed by atoms with Crippen LogP contribution in [0.25, 0.3) is 0 Å². The van der Waals surface area contributed by atoms with Crippen molar-refractivity contribution in [1.82, 2.24) is 4.98 Å². The molecule has 0 aliphatic heterocycles. The number of hydrogen-bond donors (Lipinski definition) is 0. The van der Waals surface area contributed by atoms with E-state index in [-0.39, 0.29) is 0 Å². The van der Waals surface area contributed by atoms with Gasteiger partial charge in [0.05, 0.1) is 10.5 Å². The van der Waals surface area contributed by atoms with Crippen LogP contribution in [0.3, 0.4) is 0 Å². The van der Waals surface area contributed by atoms with Gasteiger partial charge in [-0.3, -0.25) is 10.1 Å². The smallest absolute Gasteiger partial charge is 0.258 e. The maximum atomic E-state index is 12.5. The average Bonchev–Trinajstić information content (AvgIpc) is 2.14. The van der Waals surface area contributed by atoms with Gasteiger partial charge in [0.1, 0.15) is 0 Å². The van der Waals surface area contributed by atoms with E-state index >= 15 is 0 Å². The summed E-state index contributed by atoms with van der Waals surface area (Å²) >= 11 is 2.60. The molecule has 94 valence electrons. The van der Waals surface area contributed by atoms with Crippen LogP contribution >= 0.6 is 26.6 Å². The Morgan fingerprint density at radius 1 is 1.53 bits per heavy atom. The summed E-state index contributed by atoms with van der Waals surface area (Å²) in [5.41, 5.74) is -1.89. The van der Waals surface area contributed by atoms with Gasteiger partial charge in [-0.2, -0.15) is 0 Å². The van der Waals surface area contributed by atoms with Gasteiger partial charge in [-0.25, -0.2) is 22.2 Å². The van der Waals surface area contributed by atoms with Crippen molar-refractivity contribution < 1.29 is 22.1 Å². The summed E-state index contributed by atoms with van der Waals surface area (Å²) < 4.78 is 46.5. The van der Waals surface area contributed by atoms with Crippen LogP contribution in [0.15, 0.2) is 15.7 Å². The Kier molecular flexibility index (Phi) is 3.99. The SMILES string of the molecule is O=[N+]([O-])c1cc(C(F)F)c(S(=O)(=O)Cl)nc1Br. The molecule has 0 aliphatic rings. The molecule has 17 heavy (non-hydrogen) atoms. The molecule has 0 N–H and O–H groups in total. The summed E-state index contributed by atoms with van der Waals surface area (Å²) in [5, 5.41) is 9.36. The van der Waals surface area contributed by atoms with Crippen LogP contribution in [-0.2, 0) is 9.05 Å². The highest BCUT2D eigenvalue weighted by Gasteiger charge is 2.29. The molecular formula is C6H2BrClF2N2O4S. The molecule has 1 aromatic rings. The summed E-state index contributed by atoms with van der Waals surface area (Å²) in [6.45, 7) is 0. The van der Waals surface area contributed by atoms with E-state index in [4.69, 9.17) is 10.7 Å². The molecule has 0 radical (unpaired) electrons. The summed E-state index contributed by atoms with van der Waals surface area (Å²) in [6.07, 6.45) is -3.25. The maximum absolute atomic E-state index is 12.5. The van der Waals surface area contributed by atoms with Crippen molar-refractivity contribution in [3.05, 3.63) is 26.3 Å². The lowest BCUT2D eigenvalue weighted by atomic mass is 10.3. The number of hydrogen-bond acceptors (Lipinski definition) is 5. The highest BCUT2D eigenvalue weighted by molar-refractivity contribution is 9.10. The standard InChI is InChI=1S/C6H2BrClF2N2O4S/c7-4-3(12(13)14)1-2(5(9)10)6(11-4)17(8,15)16/h1,5H. The number of aromatic nitrogens is 1. The van der Waals surface area contributed by atoms with Crippen LogP contribution < -0.4 is 0 Å². The molecule has 1 heterocycles. The van der Waals surface area contributed by atoms with E-state index in [1.165, 1.54) is 0 Å². The number of rotatable bonds is 3. The Balaban J connectivity index is 3.64. The Hall–Kier alpha value is -0.870. The molecule has 1 rings (SSSR count). The molecule has 0 spiro atoms. The molecule has 0 aliphatic carbocycles. The van der Waals surface area contributed by atoms with Gasteiger partial charge >= 0.3 is 5.69 Å². The first-order valence-electron chi connectivity index (χ1n) is 3.72. The molecule has 1 aromatic heterocycles. The Morgan fingerprint density at radius 3 is 2.41 bits per heavy atom. The van der Waals surface area contributed by atoms with E-state index in [0.29, 0.717) is 6.07 Å². The van der Waals surface area contributed by atoms with E-state index in [9.17, 15) is 27.3 Å². The van der Waals surface area contributed by atoms with Gasteiger partial charge < -0.3 is 0 Å². The fraction of sp³-hybridized carbons (Fsp3) is 0.167. The minimum atomic E-state index is -4.51. The highest BCUT2D eigenvalue weighted by atomic mass is 79.9. The lowest BCUT2D eigenvalue weighted by molar-refractivity contribution is -0.386. The van der Waals surface area contributed by atoms with Gasteiger partial charge in [0, 0.05) is 16.7 Å². The van der Waals surface area contributed by atoms with E-state index in [1.807, 2.05) is 0 Å². The maximum Gasteiger partial charge on any atom is 0.302 e. The monoisotopic (exact) mass is 350 g/mol. The third-order valence-electron chi connectivity index (χ3n) is 1.61. The Bertz CT molecular complexity index is 580. The van der Waals surface area contributed by atoms with Crippen molar-refractivity contribution in [2.75, 3.05) is 0 Å². The summed E-state index contributed by atoms with van der Waals surface area (Å²) in [5.74, 6) is 0. The fourth-order valence-corrected chi connectivity index (χ4v) is 2.51. The number of alkyl halides is 2. The van der Waals surface area contributed by atoms with Crippen LogP contribution in [0, 0.1) is 10.1 Å². The van der Waals surface area contributed by atoms with Crippen molar-refractivity contribution in [3.8, 4) is 0 Å². The second-order valence-corrected chi connectivity index (χ2v) is 5.92. The molecule has 0 atom stereocenters. The number of pyridine rings is 1. The number of nitro groups is 1. The molecule has 0 saturated carbocycles. The van der Waals surface area contributed by atoms with Gasteiger partial charge in [0.25, 0.3) is 15.5 Å². The second-order valence-electron chi connectivity index (χ2n) is 2.69. The summed E-state index contributed by atoms with van der Waals surface area (Å²) in [4.78, 5) is 12.6. The molecule has 0 amide bonds. The topological polar surface area (TPSA) is 90.2 Å². The average molecular weight is 352 g/mol. The first-order valence-corrected chi connectivity index (χ1v) is 6.82. The third-order valence-corrected chi connectivity index (χ3v) is 3.42. The van der Waals surface area contributed by atoms with E-state index < -0.39 is 41.3 Å². The zero-order valence-electron chi connectivity index (χ0n) is 7.60. The first kappa shape index (κ1) is 14.2. The lowest BCUT2D eigenvalue weighted by Crippen LogP contribution is -2.05. The fourth-order valence-electron chi connectivity index (χ4n) is 0.959. The summed E-state index contributed by atoms with van der Waals surface area (Å²) in [7, 11) is 0.382. The van der Waals surface area contributed by atoms with Gasteiger partial charge in [-0.15, -0.1) is 0 Å². The van der Waals surface area contributed by atoms with Gasteiger partial charge in [-0.05, 0) is 15.9 Å². The number of nitrogens with zero attached hydrogens (tertiary/aromatic N) is 2. The molecule has 0 bridgehead atoms. The predicted octanol–water partition coefficient (Wildman–Crippen LogP) is 2.62. The first-order chi connectivity index (χ1) is 7.64. The van der Waals surface area contributed by atoms with Crippen molar-refractivity contribution >= 4 is 41.4 Å². The zero-order valence-corrected chi connectivity index (χ0v) is 10.8. The number of halogens is 4. The van der Waals surface area contributed by atoms with Crippen molar-refractivity contribution in [2.45, 2.75) is 11.5 Å². The molecule has 0 saturated heterocycles. The highest BCUT2D eigenvalue weighted by Crippen LogP contribution is 2.34. The van der Waals surface area contributed by atoms with E-state index in [1.54, 1.807) is 0 Å². The van der Waals surface area contributed by atoms with Gasteiger partial charge in [0.15, 0.2) is 9.63 Å².